The fourth-order valence-corrected chi connectivity index (χ4v) is 3.87. The number of hydrogen-bond acceptors (Lipinski definition) is 3. The second-order valence-corrected chi connectivity index (χ2v) is 6.19. The van der Waals surface area contributed by atoms with Crippen molar-refractivity contribution in [3.05, 3.63) is 35.9 Å². The molecule has 2 rings (SSSR count). The summed E-state index contributed by atoms with van der Waals surface area (Å²) in [5.41, 5.74) is 0.997. The molecule has 21 heavy (non-hydrogen) atoms. The Morgan fingerprint density at radius 2 is 2.10 bits per heavy atom. The molecule has 1 aromatic rings. The van der Waals surface area contributed by atoms with Gasteiger partial charge in [0.1, 0.15) is 6.04 Å². The Hall–Kier alpha value is -1.69. The number of urea groups is 1. The van der Waals surface area contributed by atoms with Gasteiger partial charge in [0.2, 0.25) is 0 Å². The maximum absolute atomic E-state index is 12.4. The van der Waals surface area contributed by atoms with E-state index in [2.05, 4.69) is 5.32 Å². The molecule has 0 bridgehead atoms. The molecule has 2 N–H and O–H groups in total. The molecule has 5 nitrogen and oxygen atoms in total. The van der Waals surface area contributed by atoms with Crippen LogP contribution in [0.25, 0.3) is 0 Å². The fourth-order valence-electron chi connectivity index (χ4n) is 2.36. The monoisotopic (exact) mass is 308 g/mol. The van der Waals surface area contributed by atoms with E-state index in [1.165, 1.54) is 4.90 Å². The summed E-state index contributed by atoms with van der Waals surface area (Å²) < 4.78 is 0. The summed E-state index contributed by atoms with van der Waals surface area (Å²) in [7, 11) is 0. The van der Waals surface area contributed by atoms with Crippen LogP contribution in [-0.2, 0) is 11.3 Å². The normalized spacial score (nSPS) is 21.3. The number of amides is 2. The molecule has 1 aliphatic heterocycles. The van der Waals surface area contributed by atoms with Crippen LogP contribution in [0.1, 0.15) is 25.3 Å². The Bertz CT molecular complexity index is 495. The van der Waals surface area contributed by atoms with Crippen LogP contribution in [0.3, 0.4) is 0 Å². The van der Waals surface area contributed by atoms with Gasteiger partial charge in [-0.3, -0.25) is 4.90 Å². The van der Waals surface area contributed by atoms with E-state index in [-0.39, 0.29) is 11.4 Å². The van der Waals surface area contributed by atoms with Gasteiger partial charge in [0.05, 0.1) is 5.37 Å². The van der Waals surface area contributed by atoms with E-state index in [9.17, 15) is 14.7 Å². The number of nitrogens with one attached hydrogen (secondary N) is 1. The zero-order valence-corrected chi connectivity index (χ0v) is 12.8. The molecule has 2 amide bonds. The average Bonchev–Trinajstić information content (AvgIpc) is 2.90. The van der Waals surface area contributed by atoms with Gasteiger partial charge in [-0.15, -0.1) is 11.8 Å². The van der Waals surface area contributed by atoms with Crippen LogP contribution >= 0.6 is 11.8 Å². The molecule has 6 heteroatoms. The van der Waals surface area contributed by atoms with Gasteiger partial charge in [-0.2, -0.15) is 0 Å². The first-order chi connectivity index (χ1) is 10.1. The number of carbonyl (C=O) groups is 2. The van der Waals surface area contributed by atoms with Crippen LogP contribution in [0.15, 0.2) is 30.3 Å². The highest BCUT2D eigenvalue weighted by Crippen LogP contribution is 2.32. The van der Waals surface area contributed by atoms with E-state index >= 15 is 0 Å². The lowest BCUT2D eigenvalue weighted by Gasteiger charge is -2.27. The number of carboxylic acid groups (broad SMARTS) is 1. The maximum atomic E-state index is 12.4. The molecule has 1 aromatic carbocycles. The quantitative estimate of drug-likeness (QED) is 0.877. The summed E-state index contributed by atoms with van der Waals surface area (Å²) in [6, 6.07) is 8.56. The molecule has 2 atom stereocenters. The summed E-state index contributed by atoms with van der Waals surface area (Å²) in [6.45, 7) is 2.45. The molecule has 2 unspecified atom stereocenters. The zero-order valence-electron chi connectivity index (χ0n) is 12.0. The first-order valence-corrected chi connectivity index (χ1v) is 8.13. The molecule has 0 aliphatic carbocycles. The molecular weight excluding hydrogens is 288 g/mol. The second-order valence-electron chi connectivity index (χ2n) is 4.98. The maximum Gasteiger partial charge on any atom is 0.327 e. The van der Waals surface area contributed by atoms with Gasteiger partial charge in [-0.1, -0.05) is 43.7 Å². The number of aliphatic carboxylic acids is 1. The van der Waals surface area contributed by atoms with Crippen molar-refractivity contribution in [1.29, 1.82) is 0 Å². The van der Waals surface area contributed by atoms with E-state index in [4.69, 9.17) is 0 Å². The van der Waals surface area contributed by atoms with Crippen LogP contribution < -0.4 is 5.32 Å². The van der Waals surface area contributed by atoms with Crippen LogP contribution in [0.5, 0.6) is 0 Å². The highest BCUT2D eigenvalue weighted by atomic mass is 32.2. The molecule has 114 valence electrons. The van der Waals surface area contributed by atoms with E-state index in [1.54, 1.807) is 11.8 Å². The molecule has 0 saturated carbocycles. The lowest BCUT2D eigenvalue weighted by molar-refractivity contribution is -0.141. The van der Waals surface area contributed by atoms with Crippen molar-refractivity contribution < 1.29 is 14.7 Å². The van der Waals surface area contributed by atoms with Crippen molar-refractivity contribution in [2.24, 2.45) is 0 Å². The van der Waals surface area contributed by atoms with E-state index in [1.807, 2.05) is 37.3 Å². The van der Waals surface area contributed by atoms with Gasteiger partial charge in [0, 0.05) is 12.3 Å². The Balaban J connectivity index is 2.01. The minimum atomic E-state index is -0.934. The van der Waals surface area contributed by atoms with Crippen molar-refractivity contribution in [2.75, 3.05) is 5.75 Å². The van der Waals surface area contributed by atoms with Gasteiger partial charge in [-0.05, 0) is 12.0 Å². The third-order valence-electron chi connectivity index (χ3n) is 3.43. The molecule has 0 spiro atoms. The lowest BCUT2D eigenvalue weighted by Crippen LogP contribution is -2.49. The van der Waals surface area contributed by atoms with Crippen molar-refractivity contribution in [3.63, 3.8) is 0 Å². The van der Waals surface area contributed by atoms with Gasteiger partial charge in [0.25, 0.3) is 0 Å². The Kier molecular flexibility index (Phi) is 5.50. The largest absolute Gasteiger partial charge is 0.480 e. The van der Waals surface area contributed by atoms with Crippen molar-refractivity contribution in [2.45, 2.75) is 37.7 Å². The van der Waals surface area contributed by atoms with Crippen LogP contribution in [0, 0.1) is 0 Å². The van der Waals surface area contributed by atoms with E-state index < -0.39 is 12.0 Å². The molecule has 1 aliphatic rings. The topological polar surface area (TPSA) is 69.6 Å². The fraction of sp³-hybridized carbons (Fsp3) is 0.467. The van der Waals surface area contributed by atoms with Crippen molar-refractivity contribution >= 4 is 23.8 Å². The van der Waals surface area contributed by atoms with E-state index in [0.29, 0.717) is 12.3 Å². The zero-order chi connectivity index (χ0) is 15.2. The molecule has 0 radical (unpaired) electrons. The predicted octanol–water partition coefficient (Wildman–Crippen LogP) is 2.52. The smallest absolute Gasteiger partial charge is 0.327 e. The third kappa shape index (κ3) is 3.91. The Labute approximate surface area is 128 Å². The SMILES string of the molecule is CCCC1SCC(C(=O)O)N1C(=O)NCc1ccccc1. The molecule has 1 saturated heterocycles. The third-order valence-corrected chi connectivity index (χ3v) is 4.79. The predicted molar refractivity (Wildman–Crippen MR) is 83.1 cm³/mol. The standard InChI is InChI=1S/C15H20N2O3S/c1-2-6-13-17(12(10-21-13)14(18)19)15(20)16-9-11-7-4-3-5-8-11/h3-5,7-8,12-13H,2,6,9-10H2,1H3,(H,16,20)(H,18,19). The van der Waals surface area contributed by atoms with Crippen LogP contribution in [-0.4, -0.2) is 39.2 Å². The second kappa shape index (κ2) is 7.36. The van der Waals surface area contributed by atoms with Gasteiger partial charge in [-0.25, -0.2) is 9.59 Å². The molecule has 1 fully saturated rings. The van der Waals surface area contributed by atoms with Crippen molar-refractivity contribution in [1.82, 2.24) is 10.2 Å². The minimum Gasteiger partial charge on any atom is -0.480 e. The van der Waals surface area contributed by atoms with Crippen LogP contribution in [0.4, 0.5) is 4.79 Å². The van der Waals surface area contributed by atoms with Gasteiger partial charge >= 0.3 is 12.0 Å². The van der Waals surface area contributed by atoms with Crippen molar-refractivity contribution in [3.8, 4) is 0 Å². The number of hydrogen-bond donors (Lipinski definition) is 2. The summed E-state index contributed by atoms with van der Waals surface area (Å²) in [6.07, 6.45) is 1.74. The summed E-state index contributed by atoms with van der Waals surface area (Å²) in [5.74, 6) is -0.477. The number of thioether (sulfide) groups is 1. The number of rotatable bonds is 5. The molecule has 0 aromatic heterocycles. The van der Waals surface area contributed by atoms with Gasteiger partial charge < -0.3 is 10.4 Å². The number of benzene rings is 1. The summed E-state index contributed by atoms with van der Waals surface area (Å²) in [5, 5.41) is 12.0. The molecular formula is C15H20N2O3S. The highest BCUT2D eigenvalue weighted by molar-refractivity contribution is 8.00. The first kappa shape index (κ1) is 15.7. The van der Waals surface area contributed by atoms with E-state index in [0.717, 1.165) is 18.4 Å². The van der Waals surface area contributed by atoms with Crippen LogP contribution in [0.2, 0.25) is 0 Å². The number of carbonyl (C=O) groups excluding carboxylic acids is 1. The number of nitrogens with zero attached hydrogens (tertiary/aromatic N) is 1. The summed E-state index contributed by atoms with van der Waals surface area (Å²) >= 11 is 1.55. The lowest BCUT2D eigenvalue weighted by atomic mass is 10.2. The highest BCUT2D eigenvalue weighted by Gasteiger charge is 2.41. The number of carboxylic acids is 1. The summed E-state index contributed by atoms with van der Waals surface area (Å²) in [4.78, 5) is 25.1. The first-order valence-electron chi connectivity index (χ1n) is 7.08. The van der Waals surface area contributed by atoms with Gasteiger partial charge in [0.15, 0.2) is 0 Å². The minimum absolute atomic E-state index is 0.0492. The Morgan fingerprint density at radius 1 is 1.38 bits per heavy atom. The average molecular weight is 308 g/mol. The Morgan fingerprint density at radius 3 is 2.71 bits per heavy atom. The molecule has 1 heterocycles.